The Morgan fingerprint density at radius 2 is 1.86 bits per heavy atom. The van der Waals surface area contributed by atoms with Crippen LogP contribution in [-0.2, 0) is 4.79 Å². The third-order valence-electron chi connectivity index (χ3n) is 2.76. The Balaban J connectivity index is 1.71. The second-order valence-corrected chi connectivity index (χ2v) is 4.37. The summed E-state index contributed by atoms with van der Waals surface area (Å²) in [6.45, 7) is 1.53. The SMILES string of the molecule is CC(=O)Nc1ccc(C(=O)Nc2ccc3c(c2)OCO3)o1. The monoisotopic (exact) mass is 288 g/mol. The van der Waals surface area contributed by atoms with Gasteiger partial charge in [0.25, 0.3) is 5.91 Å². The normalized spacial score (nSPS) is 12.0. The van der Waals surface area contributed by atoms with Gasteiger partial charge in [0, 0.05) is 24.7 Å². The molecule has 2 N–H and O–H groups in total. The third-order valence-corrected chi connectivity index (χ3v) is 2.76. The lowest BCUT2D eigenvalue weighted by Gasteiger charge is -2.04. The first-order chi connectivity index (χ1) is 10.1. The molecule has 3 rings (SSSR count). The van der Waals surface area contributed by atoms with Gasteiger partial charge < -0.3 is 19.2 Å². The molecule has 2 heterocycles. The first-order valence-electron chi connectivity index (χ1n) is 6.20. The quantitative estimate of drug-likeness (QED) is 0.903. The molecule has 1 aliphatic rings. The van der Waals surface area contributed by atoms with Crippen LogP contribution in [-0.4, -0.2) is 18.6 Å². The molecule has 1 aliphatic heterocycles. The second kappa shape index (κ2) is 5.20. The molecule has 21 heavy (non-hydrogen) atoms. The van der Waals surface area contributed by atoms with Crippen molar-refractivity contribution in [1.82, 2.24) is 0 Å². The maximum Gasteiger partial charge on any atom is 0.291 e. The summed E-state index contributed by atoms with van der Waals surface area (Å²) >= 11 is 0. The van der Waals surface area contributed by atoms with E-state index < -0.39 is 5.91 Å². The van der Waals surface area contributed by atoms with Gasteiger partial charge in [-0.25, -0.2) is 0 Å². The van der Waals surface area contributed by atoms with E-state index in [4.69, 9.17) is 13.9 Å². The van der Waals surface area contributed by atoms with Crippen LogP contribution in [0.2, 0.25) is 0 Å². The maximum atomic E-state index is 12.0. The van der Waals surface area contributed by atoms with Crippen LogP contribution in [0.5, 0.6) is 11.5 Å². The van der Waals surface area contributed by atoms with Crippen LogP contribution in [0.1, 0.15) is 17.5 Å². The zero-order valence-corrected chi connectivity index (χ0v) is 11.1. The number of benzene rings is 1. The zero-order chi connectivity index (χ0) is 14.8. The lowest BCUT2D eigenvalue weighted by atomic mass is 10.2. The van der Waals surface area contributed by atoms with E-state index in [0.717, 1.165) is 0 Å². The lowest BCUT2D eigenvalue weighted by molar-refractivity contribution is -0.114. The summed E-state index contributed by atoms with van der Waals surface area (Å²) < 4.78 is 15.6. The molecule has 0 unspecified atom stereocenters. The number of ether oxygens (including phenoxy) is 2. The van der Waals surface area contributed by atoms with Gasteiger partial charge in [-0.05, 0) is 18.2 Å². The molecule has 2 aromatic rings. The van der Waals surface area contributed by atoms with Gasteiger partial charge in [-0.15, -0.1) is 0 Å². The minimum absolute atomic E-state index is 0.0939. The predicted octanol–water partition coefficient (Wildman–Crippen LogP) is 2.22. The molecular formula is C14H12N2O5. The largest absolute Gasteiger partial charge is 0.454 e. The summed E-state index contributed by atoms with van der Waals surface area (Å²) in [5.74, 6) is 0.831. The number of anilines is 2. The average Bonchev–Trinajstić information content (AvgIpc) is 3.06. The van der Waals surface area contributed by atoms with Crippen molar-refractivity contribution in [2.24, 2.45) is 0 Å². The Labute approximate surface area is 119 Å². The lowest BCUT2D eigenvalue weighted by Crippen LogP contribution is -2.11. The van der Waals surface area contributed by atoms with Crippen LogP contribution in [0.4, 0.5) is 11.6 Å². The van der Waals surface area contributed by atoms with E-state index >= 15 is 0 Å². The Kier molecular flexibility index (Phi) is 3.23. The average molecular weight is 288 g/mol. The highest BCUT2D eigenvalue weighted by Gasteiger charge is 2.16. The highest BCUT2D eigenvalue weighted by molar-refractivity contribution is 6.03. The highest BCUT2D eigenvalue weighted by Crippen LogP contribution is 2.34. The van der Waals surface area contributed by atoms with Gasteiger partial charge in [0.05, 0.1) is 0 Å². The number of hydrogen-bond acceptors (Lipinski definition) is 5. The van der Waals surface area contributed by atoms with Crippen LogP contribution >= 0.6 is 0 Å². The molecule has 7 heteroatoms. The van der Waals surface area contributed by atoms with Crippen molar-refractivity contribution in [3.8, 4) is 11.5 Å². The summed E-state index contributed by atoms with van der Waals surface area (Å²) in [5.41, 5.74) is 0.557. The molecule has 0 spiro atoms. The van der Waals surface area contributed by atoms with Crippen LogP contribution in [0.3, 0.4) is 0 Å². The Morgan fingerprint density at radius 1 is 1.05 bits per heavy atom. The number of nitrogens with one attached hydrogen (secondary N) is 2. The predicted molar refractivity (Wildman–Crippen MR) is 73.5 cm³/mol. The fourth-order valence-corrected chi connectivity index (χ4v) is 1.87. The van der Waals surface area contributed by atoms with Gasteiger partial charge in [-0.2, -0.15) is 0 Å². The summed E-state index contributed by atoms with van der Waals surface area (Å²) in [7, 11) is 0. The molecule has 2 amide bonds. The Morgan fingerprint density at radius 3 is 2.67 bits per heavy atom. The van der Waals surface area contributed by atoms with Crippen molar-refractivity contribution in [2.45, 2.75) is 6.92 Å². The van der Waals surface area contributed by atoms with Crippen molar-refractivity contribution < 1.29 is 23.5 Å². The number of furan rings is 1. The molecule has 0 saturated carbocycles. The smallest absolute Gasteiger partial charge is 0.291 e. The van der Waals surface area contributed by atoms with Gasteiger partial charge >= 0.3 is 0 Å². The number of amides is 2. The van der Waals surface area contributed by atoms with Gasteiger partial charge in [0.1, 0.15) is 0 Å². The molecule has 0 fully saturated rings. The fraction of sp³-hybridized carbons (Fsp3) is 0.143. The fourth-order valence-electron chi connectivity index (χ4n) is 1.87. The Hall–Kier alpha value is -2.96. The molecule has 0 atom stereocenters. The topological polar surface area (TPSA) is 89.8 Å². The van der Waals surface area contributed by atoms with Crippen molar-refractivity contribution in [3.05, 3.63) is 36.1 Å². The molecule has 108 valence electrons. The van der Waals surface area contributed by atoms with E-state index in [1.165, 1.54) is 19.1 Å². The van der Waals surface area contributed by atoms with E-state index in [1.54, 1.807) is 18.2 Å². The molecule has 1 aromatic carbocycles. The minimum Gasteiger partial charge on any atom is -0.454 e. The van der Waals surface area contributed by atoms with Crippen molar-refractivity contribution in [1.29, 1.82) is 0 Å². The molecule has 7 nitrogen and oxygen atoms in total. The van der Waals surface area contributed by atoms with E-state index in [0.29, 0.717) is 17.2 Å². The van der Waals surface area contributed by atoms with E-state index in [-0.39, 0.29) is 24.3 Å². The molecular weight excluding hydrogens is 276 g/mol. The van der Waals surface area contributed by atoms with Crippen molar-refractivity contribution >= 4 is 23.4 Å². The van der Waals surface area contributed by atoms with E-state index in [1.807, 2.05) is 0 Å². The first kappa shape index (κ1) is 13.0. The summed E-state index contributed by atoms with van der Waals surface area (Å²) in [4.78, 5) is 22.9. The van der Waals surface area contributed by atoms with E-state index in [9.17, 15) is 9.59 Å². The van der Waals surface area contributed by atoms with Gasteiger partial charge in [-0.3, -0.25) is 14.9 Å². The van der Waals surface area contributed by atoms with Crippen molar-refractivity contribution in [3.63, 3.8) is 0 Å². The number of fused-ring (bicyclic) bond motifs is 1. The standard InChI is InChI=1S/C14H12N2O5/c1-8(17)15-13-5-4-11(21-13)14(18)16-9-2-3-10-12(6-9)20-7-19-10/h2-6H,7H2,1H3,(H,15,17)(H,16,18). The zero-order valence-electron chi connectivity index (χ0n) is 11.1. The summed E-state index contributed by atoms with van der Waals surface area (Å²) in [6, 6.07) is 8.06. The molecule has 1 aromatic heterocycles. The van der Waals surface area contributed by atoms with Crippen LogP contribution in [0, 0.1) is 0 Å². The van der Waals surface area contributed by atoms with Gasteiger partial charge in [0.15, 0.2) is 23.1 Å². The summed E-state index contributed by atoms with van der Waals surface area (Å²) in [5, 5.41) is 5.13. The number of carbonyl (C=O) groups is 2. The maximum absolute atomic E-state index is 12.0. The number of rotatable bonds is 3. The number of hydrogen-bond donors (Lipinski definition) is 2. The van der Waals surface area contributed by atoms with Crippen LogP contribution < -0.4 is 20.1 Å². The second-order valence-electron chi connectivity index (χ2n) is 4.37. The minimum atomic E-state index is -0.425. The van der Waals surface area contributed by atoms with Crippen LogP contribution in [0.25, 0.3) is 0 Å². The van der Waals surface area contributed by atoms with Crippen molar-refractivity contribution in [2.75, 3.05) is 17.4 Å². The van der Waals surface area contributed by atoms with Gasteiger partial charge in [0.2, 0.25) is 12.7 Å². The van der Waals surface area contributed by atoms with E-state index in [2.05, 4.69) is 10.6 Å². The summed E-state index contributed by atoms with van der Waals surface area (Å²) in [6.07, 6.45) is 0. The number of carbonyl (C=O) groups excluding carboxylic acids is 2. The molecule has 0 saturated heterocycles. The first-order valence-corrected chi connectivity index (χ1v) is 6.20. The molecule has 0 aliphatic carbocycles. The molecule has 0 bridgehead atoms. The third kappa shape index (κ3) is 2.81. The van der Waals surface area contributed by atoms with Gasteiger partial charge in [-0.1, -0.05) is 0 Å². The molecule has 0 radical (unpaired) electrons. The highest BCUT2D eigenvalue weighted by atomic mass is 16.7. The van der Waals surface area contributed by atoms with Crippen LogP contribution in [0.15, 0.2) is 34.7 Å². The Bertz CT molecular complexity index is 707.